The molecule has 2 aromatic rings. The van der Waals surface area contributed by atoms with Gasteiger partial charge in [-0.15, -0.1) is 18.0 Å². The van der Waals surface area contributed by atoms with E-state index in [1.54, 1.807) is 4.57 Å². The number of nitrogens with zero attached hydrogens (tertiary/aromatic N) is 4. The number of imidazole rings is 1. The highest BCUT2D eigenvalue weighted by Crippen LogP contribution is 2.53. The van der Waals surface area contributed by atoms with E-state index in [1.165, 1.54) is 19.8 Å². The number of anilines is 1. The summed E-state index contributed by atoms with van der Waals surface area (Å²) < 4.78 is 24.4. The number of halogens is 1. The van der Waals surface area contributed by atoms with Crippen LogP contribution in [0.3, 0.4) is 0 Å². The zero-order valence-corrected chi connectivity index (χ0v) is 14.5. The SMILES string of the molecule is C#C[C@@]12OC(OC)O[C@@H]1[C@](CO)(CCl)O[C@H]2n1cnc2c(N)ncnc21. The molecule has 0 spiro atoms. The Morgan fingerprint density at radius 2 is 2.27 bits per heavy atom. The molecule has 11 heteroatoms. The second-order valence-corrected chi connectivity index (χ2v) is 6.27. The Bertz CT molecular complexity index is 881. The van der Waals surface area contributed by atoms with E-state index >= 15 is 0 Å². The van der Waals surface area contributed by atoms with Crippen molar-refractivity contribution < 1.29 is 24.1 Å². The summed E-state index contributed by atoms with van der Waals surface area (Å²) in [6.45, 7) is -1.48. The predicted molar refractivity (Wildman–Crippen MR) is 88.7 cm³/mol. The Morgan fingerprint density at radius 1 is 1.46 bits per heavy atom. The topological polar surface area (TPSA) is 127 Å². The fourth-order valence-electron chi connectivity index (χ4n) is 3.39. The summed E-state index contributed by atoms with van der Waals surface area (Å²) in [4.78, 5) is 12.3. The van der Waals surface area contributed by atoms with Crippen molar-refractivity contribution in [1.82, 2.24) is 19.5 Å². The molecule has 0 aliphatic carbocycles. The first-order valence-electron chi connectivity index (χ1n) is 7.66. The van der Waals surface area contributed by atoms with Crippen LogP contribution in [0, 0.1) is 12.3 Å². The molecular formula is C15H16ClN5O5. The summed E-state index contributed by atoms with van der Waals surface area (Å²) in [5, 5.41) is 9.98. The fourth-order valence-corrected chi connectivity index (χ4v) is 3.68. The molecule has 4 heterocycles. The van der Waals surface area contributed by atoms with Gasteiger partial charge in [-0.1, -0.05) is 5.92 Å². The molecule has 4 rings (SSSR count). The molecule has 138 valence electrons. The van der Waals surface area contributed by atoms with Crippen LogP contribution in [0.2, 0.25) is 0 Å². The monoisotopic (exact) mass is 381 g/mol. The number of rotatable bonds is 4. The molecule has 0 aromatic carbocycles. The van der Waals surface area contributed by atoms with Crippen LogP contribution < -0.4 is 5.73 Å². The lowest BCUT2D eigenvalue weighted by Gasteiger charge is -2.29. The summed E-state index contributed by atoms with van der Waals surface area (Å²) in [6.07, 6.45) is 6.76. The number of alkyl halides is 1. The highest BCUT2D eigenvalue weighted by atomic mass is 35.5. The third-order valence-corrected chi connectivity index (χ3v) is 5.12. The van der Waals surface area contributed by atoms with E-state index in [1.807, 2.05) is 0 Å². The third kappa shape index (κ3) is 2.10. The van der Waals surface area contributed by atoms with Crippen molar-refractivity contribution in [1.29, 1.82) is 0 Å². The van der Waals surface area contributed by atoms with Gasteiger partial charge < -0.3 is 29.8 Å². The van der Waals surface area contributed by atoms with Gasteiger partial charge >= 0.3 is 0 Å². The number of hydrogen-bond acceptors (Lipinski definition) is 9. The van der Waals surface area contributed by atoms with Gasteiger partial charge in [-0.3, -0.25) is 4.57 Å². The van der Waals surface area contributed by atoms with Gasteiger partial charge in [-0.05, 0) is 0 Å². The summed E-state index contributed by atoms with van der Waals surface area (Å²) >= 11 is 6.11. The zero-order chi connectivity index (χ0) is 18.5. The van der Waals surface area contributed by atoms with E-state index in [0.29, 0.717) is 11.2 Å². The maximum absolute atomic E-state index is 9.98. The molecule has 10 nitrogen and oxygen atoms in total. The van der Waals surface area contributed by atoms with E-state index in [4.69, 9.17) is 42.7 Å². The van der Waals surface area contributed by atoms with E-state index in [9.17, 15) is 5.11 Å². The molecule has 0 saturated carbocycles. The Labute approximate surface area is 153 Å². The van der Waals surface area contributed by atoms with Crippen LogP contribution >= 0.6 is 11.6 Å². The van der Waals surface area contributed by atoms with E-state index in [2.05, 4.69) is 20.9 Å². The average Bonchev–Trinajstić information content (AvgIpc) is 3.32. The maximum Gasteiger partial charge on any atom is 0.273 e. The van der Waals surface area contributed by atoms with Crippen molar-refractivity contribution in [2.75, 3.05) is 25.3 Å². The standard InChI is InChI=1S/C15H16ClN5O5/c1-3-15-11(24-13(23-2)26-15)14(4-16,5-22)25-12(15)21-7-20-8-9(17)18-6-19-10(8)21/h1,6-7,11-13,22H,4-5H2,2H3,(H2,17,18,19)/t11-,12-,13?,14-,15-/m1/s1. The van der Waals surface area contributed by atoms with Crippen LogP contribution in [0.4, 0.5) is 5.82 Å². The average molecular weight is 382 g/mol. The first-order valence-corrected chi connectivity index (χ1v) is 8.20. The largest absolute Gasteiger partial charge is 0.393 e. The summed E-state index contributed by atoms with van der Waals surface area (Å²) in [5.41, 5.74) is 3.89. The molecule has 0 bridgehead atoms. The van der Waals surface area contributed by atoms with Gasteiger partial charge in [0.2, 0.25) is 5.60 Å². The number of methoxy groups -OCH3 is 1. The smallest absolute Gasteiger partial charge is 0.273 e. The molecule has 5 atom stereocenters. The molecule has 0 radical (unpaired) electrons. The van der Waals surface area contributed by atoms with Gasteiger partial charge in [0, 0.05) is 7.11 Å². The van der Waals surface area contributed by atoms with Gasteiger partial charge in [0.1, 0.15) is 23.5 Å². The summed E-state index contributed by atoms with van der Waals surface area (Å²) in [5.74, 6) is 2.72. The predicted octanol–water partition coefficient (Wildman–Crippen LogP) is -0.375. The normalized spacial score (nSPS) is 36.3. The molecule has 0 amide bonds. The lowest BCUT2D eigenvalue weighted by molar-refractivity contribution is -0.274. The van der Waals surface area contributed by atoms with E-state index in [0.717, 1.165) is 0 Å². The Balaban J connectivity index is 1.90. The van der Waals surface area contributed by atoms with Gasteiger partial charge in [0.05, 0.1) is 18.8 Å². The molecule has 26 heavy (non-hydrogen) atoms. The van der Waals surface area contributed by atoms with Crippen molar-refractivity contribution in [3.8, 4) is 12.3 Å². The first kappa shape index (κ1) is 17.4. The molecular weight excluding hydrogens is 366 g/mol. The number of ether oxygens (including phenoxy) is 4. The molecule has 1 unspecified atom stereocenters. The summed E-state index contributed by atoms with van der Waals surface area (Å²) in [7, 11) is 1.41. The molecule has 3 N–H and O–H groups in total. The highest BCUT2D eigenvalue weighted by molar-refractivity contribution is 6.18. The lowest BCUT2D eigenvalue weighted by atomic mass is 9.88. The van der Waals surface area contributed by atoms with Gasteiger partial charge in [-0.25, -0.2) is 15.0 Å². The van der Waals surface area contributed by atoms with Crippen LogP contribution in [0.15, 0.2) is 12.7 Å². The first-order chi connectivity index (χ1) is 12.5. The van der Waals surface area contributed by atoms with Gasteiger partial charge in [0.15, 0.2) is 17.7 Å². The zero-order valence-electron chi connectivity index (χ0n) is 13.7. The van der Waals surface area contributed by atoms with Gasteiger partial charge in [0.25, 0.3) is 6.48 Å². The van der Waals surface area contributed by atoms with Crippen molar-refractivity contribution in [3.05, 3.63) is 12.7 Å². The molecule has 2 fully saturated rings. The van der Waals surface area contributed by atoms with E-state index < -0.39 is 36.6 Å². The second-order valence-electron chi connectivity index (χ2n) is 6.01. The molecule has 2 aliphatic heterocycles. The number of terminal acetylenes is 1. The minimum atomic E-state index is -1.42. The minimum absolute atomic E-state index is 0.0857. The Hall–Kier alpha value is -2.00. The van der Waals surface area contributed by atoms with Crippen molar-refractivity contribution in [2.24, 2.45) is 0 Å². The number of nitrogens with two attached hydrogens (primary N) is 1. The quantitative estimate of drug-likeness (QED) is 0.538. The summed E-state index contributed by atoms with van der Waals surface area (Å²) in [6, 6.07) is 0. The van der Waals surface area contributed by atoms with E-state index in [-0.39, 0.29) is 11.7 Å². The number of aliphatic hydroxyl groups excluding tert-OH is 1. The number of hydrogen-bond donors (Lipinski definition) is 2. The lowest BCUT2D eigenvalue weighted by Crippen LogP contribution is -2.51. The second kappa shape index (κ2) is 6.02. The fraction of sp³-hybridized carbons (Fsp3) is 0.533. The Morgan fingerprint density at radius 3 is 2.92 bits per heavy atom. The Kier molecular flexibility index (Phi) is 4.03. The molecule has 2 aromatic heterocycles. The van der Waals surface area contributed by atoms with Gasteiger partial charge in [-0.2, -0.15) is 0 Å². The minimum Gasteiger partial charge on any atom is -0.393 e. The van der Waals surface area contributed by atoms with Crippen molar-refractivity contribution in [3.63, 3.8) is 0 Å². The van der Waals surface area contributed by atoms with Crippen molar-refractivity contribution >= 4 is 28.6 Å². The van der Waals surface area contributed by atoms with Crippen LogP contribution in [0.1, 0.15) is 6.23 Å². The van der Waals surface area contributed by atoms with Crippen molar-refractivity contribution in [2.45, 2.75) is 30.0 Å². The molecule has 2 aliphatic rings. The molecule has 2 saturated heterocycles. The number of fused-ring (bicyclic) bond motifs is 2. The number of aliphatic hydroxyl groups is 1. The highest BCUT2D eigenvalue weighted by Gasteiger charge is 2.71. The van der Waals surface area contributed by atoms with Crippen LogP contribution in [0.25, 0.3) is 11.2 Å². The maximum atomic E-state index is 9.98. The van der Waals surface area contributed by atoms with Crippen LogP contribution in [-0.2, 0) is 18.9 Å². The number of aromatic nitrogens is 4. The van der Waals surface area contributed by atoms with Crippen LogP contribution in [-0.4, -0.2) is 68.0 Å². The third-order valence-electron chi connectivity index (χ3n) is 4.67. The number of nitrogen functional groups attached to an aromatic ring is 1. The van der Waals surface area contributed by atoms with Crippen LogP contribution in [0.5, 0.6) is 0 Å².